The van der Waals surface area contributed by atoms with E-state index in [9.17, 15) is 18.8 Å². The maximum atomic E-state index is 14.1. The molecule has 2 aliphatic rings. The Morgan fingerprint density at radius 1 is 1.08 bits per heavy atom. The number of benzene rings is 1. The number of hydrogen-bond acceptors (Lipinski definition) is 6. The van der Waals surface area contributed by atoms with E-state index < -0.39 is 11.9 Å². The summed E-state index contributed by atoms with van der Waals surface area (Å²) in [5, 5.41) is 5.60. The SMILES string of the molecule is C[C@@H](C(=O)N[C@H](C(=O)N1CCC[C@H]1c1nc(C(=O)c2ccc(F)cc2)cs1)C1CCCCC1)N(C)C(C)(C)C. The lowest BCUT2D eigenvalue weighted by atomic mass is 9.83. The summed E-state index contributed by atoms with van der Waals surface area (Å²) in [6.07, 6.45) is 6.73. The second kappa shape index (κ2) is 12.3. The fraction of sp³-hybridized carbons (Fsp3) is 0.600. The Kier molecular flexibility index (Phi) is 9.21. The van der Waals surface area contributed by atoms with Crippen LogP contribution in [-0.2, 0) is 9.59 Å². The van der Waals surface area contributed by atoms with Crippen LogP contribution in [0, 0.1) is 11.7 Å². The minimum Gasteiger partial charge on any atom is -0.343 e. The summed E-state index contributed by atoms with van der Waals surface area (Å²) in [4.78, 5) is 48.9. The van der Waals surface area contributed by atoms with Crippen LogP contribution in [0.5, 0.6) is 0 Å². The smallest absolute Gasteiger partial charge is 0.246 e. The van der Waals surface area contributed by atoms with E-state index in [0.29, 0.717) is 17.8 Å². The lowest BCUT2D eigenvalue weighted by Crippen LogP contribution is -2.58. The average molecular weight is 557 g/mol. The quantitative estimate of drug-likeness (QED) is 0.443. The largest absolute Gasteiger partial charge is 0.343 e. The van der Waals surface area contributed by atoms with Crippen molar-refractivity contribution in [3.05, 3.63) is 51.7 Å². The minimum absolute atomic E-state index is 0.0510. The highest BCUT2D eigenvalue weighted by atomic mass is 32.1. The maximum absolute atomic E-state index is 14.1. The zero-order valence-corrected chi connectivity index (χ0v) is 24.5. The van der Waals surface area contributed by atoms with Gasteiger partial charge in [-0.05, 0) is 90.6 Å². The van der Waals surface area contributed by atoms with Crippen LogP contribution in [0.25, 0.3) is 0 Å². The molecule has 1 saturated heterocycles. The molecular formula is C30H41FN4O3S. The molecular weight excluding hydrogens is 515 g/mol. The van der Waals surface area contributed by atoms with Crippen molar-refractivity contribution in [1.29, 1.82) is 0 Å². The molecule has 1 aromatic carbocycles. The number of thiazole rings is 1. The molecule has 2 fully saturated rings. The third kappa shape index (κ3) is 6.74. The number of halogens is 1. The first-order valence-electron chi connectivity index (χ1n) is 14.1. The van der Waals surface area contributed by atoms with Crippen LogP contribution in [0.3, 0.4) is 0 Å². The first kappa shape index (κ1) is 29.3. The summed E-state index contributed by atoms with van der Waals surface area (Å²) in [5.41, 5.74) is 0.494. The van der Waals surface area contributed by atoms with Crippen LogP contribution in [0.15, 0.2) is 29.6 Å². The highest BCUT2D eigenvalue weighted by molar-refractivity contribution is 7.10. The number of likely N-dealkylation sites (tertiary alicyclic amines) is 1. The molecule has 1 aliphatic heterocycles. The van der Waals surface area contributed by atoms with Crippen molar-refractivity contribution in [2.24, 2.45) is 5.92 Å². The topological polar surface area (TPSA) is 82.6 Å². The van der Waals surface area contributed by atoms with Gasteiger partial charge in [0, 0.05) is 23.0 Å². The summed E-state index contributed by atoms with van der Waals surface area (Å²) in [6, 6.07) is 4.26. The zero-order valence-electron chi connectivity index (χ0n) is 23.7. The molecule has 1 N–H and O–H groups in total. The van der Waals surface area contributed by atoms with Crippen LogP contribution in [-0.4, -0.2) is 63.6 Å². The van der Waals surface area contributed by atoms with Crippen LogP contribution in [0.1, 0.15) is 99.7 Å². The number of hydrogen-bond donors (Lipinski definition) is 1. The Balaban J connectivity index is 1.53. The third-order valence-corrected chi connectivity index (χ3v) is 9.33. The molecule has 0 unspecified atom stereocenters. The monoisotopic (exact) mass is 556 g/mol. The molecule has 2 aromatic rings. The number of aromatic nitrogens is 1. The summed E-state index contributed by atoms with van der Waals surface area (Å²) in [6.45, 7) is 8.69. The van der Waals surface area contributed by atoms with E-state index in [1.807, 2.05) is 23.8 Å². The van der Waals surface area contributed by atoms with E-state index in [1.165, 1.54) is 35.6 Å². The highest BCUT2D eigenvalue weighted by Crippen LogP contribution is 2.36. The summed E-state index contributed by atoms with van der Waals surface area (Å²) < 4.78 is 13.3. The van der Waals surface area contributed by atoms with Crippen molar-refractivity contribution in [3.63, 3.8) is 0 Å². The predicted octanol–water partition coefficient (Wildman–Crippen LogP) is 5.36. The molecule has 39 heavy (non-hydrogen) atoms. The van der Waals surface area contributed by atoms with E-state index in [-0.39, 0.29) is 41.1 Å². The molecule has 0 radical (unpaired) electrons. The molecule has 2 heterocycles. The van der Waals surface area contributed by atoms with Crippen LogP contribution in [0.2, 0.25) is 0 Å². The van der Waals surface area contributed by atoms with Gasteiger partial charge in [0.15, 0.2) is 0 Å². The van der Waals surface area contributed by atoms with Crippen molar-refractivity contribution < 1.29 is 18.8 Å². The van der Waals surface area contributed by atoms with Gasteiger partial charge in [-0.3, -0.25) is 19.3 Å². The summed E-state index contributed by atoms with van der Waals surface area (Å²) in [5.74, 6) is -0.739. The molecule has 1 saturated carbocycles. The molecule has 2 amide bonds. The van der Waals surface area contributed by atoms with Crippen molar-refractivity contribution >= 4 is 28.9 Å². The van der Waals surface area contributed by atoms with Gasteiger partial charge in [-0.2, -0.15) is 0 Å². The van der Waals surface area contributed by atoms with E-state index >= 15 is 0 Å². The fourth-order valence-electron chi connectivity index (χ4n) is 5.64. The molecule has 9 heteroatoms. The number of amides is 2. The number of likely N-dealkylation sites (N-methyl/N-ethyl adjacent to an activating group) is 1. The standard InChI is InChI=1S/C30H41FN4O3S/c1-19(34(5)30(2,3)4)27(37)33-25(20-10-7-6-8-11-20)29(38)35-17-9-12-24(35)28-32-23(18-39-28)26(36)21-13-15-22(31)16-14-21/h13-16,18-20,24-25H,6-12,17H2,1-5H3,(H,33,37)/t19-,24-,25-/m0/s1. The average Bonchev–Trinajstić information content (AvgIpc) is 3.60. The predicted molar refractivity (Wildman–Crippen MR) is 151 cm³/mol. The molecule has 0 spiro atoms. The van der Waals surface area contributed by atoms with Crippen LogP contribution in [0.4, 0.5) is 4.39 Å². The Bertz CT molecular complexity index is 1170. The number of carbonyl (C=O) groups is 3. The molecule has 3 atom stereocenters. The van der Waals surface area contributed by atoms with Crippen molar-refractivity contribution in [1.82, 2.24) is 20.1 Å². The maximum Gasteiger partial charge on any atom is 0.246 e. The highest BCUT2D eigenvalue weighted by Gasteiger charge is 2.41. The van der Waals surface area contributed by atoms with Crippen molar-refractivity contribution in [3.8, 4) is 0 Å². The molecule has 4 rings (SSSR count). The molecule has 212 valence electrons. The van der Waals surface area contributed by atoms with Gasteiger partial charge in [0.2, 0.25) is 17.6 Å². The second-order valence-corrected chi connectivity index (χ2v) is 12.8. The lowest BCUT2D eigenvalue weighted by molar-refractivity contribution is -0.140. The number of nitrogens with one attached hydrogen (secondary N) is 1. The second-order valence-electron chi connectivity index (χ2n) is 11.9. The zero-order chi connectivity index (χ0) is 28.3. The Labute approximate surface area is 235 Å². The van der Waals surface area contributed by atoms with Crippen molar-refractivity contribution in [2.75, 3.05) is 13.6 Å². The van der Waals surface area contributed by atoms with Gasteiger partial charge in [-0.1, -0.05) is 19.3 Å². The van der Waals surface area contributed by atoms with E-state index in [0.717, 1.165) is 50.0 Å². The van der Waals surface area contributed by atoms with Gasteiger partial charge in [0.05, 0.1) is 12.1 Å². The Morgan fingerprint density at radius 3 is 2.38 bits per heavy atom. The fourth-order valence-corrected chi connectivity index (χ4v) is 6.58. The minimum atomic E-state index is -0.575. The first-order valence-corrected chi connectivity index (χ1v) is 14.9. The third-order valence-electron chi connectivity index (χ3n) is 8.39. The lowest BCUT2D eigenvalue weighted by Gasteiger charge is -2.38. The van der Waals surface area contributed by atoms with Gasteiger partial charge in [-0.15, -0.1) is 11.3 Å². The van der Waals surface area contributed by atoms with E-state index in [2.05, 4.69) is 31.1 Å². The molecule has 1 aromatic heterocycles. The van der Waals surface area contributed by atoms with E-state index in [1.54, 1.807) is 5.38 Å². The first-order chi connectivity index (χ1) is 18.5. The molecule has 1 aliphatic carbocycles. The Hall–Kier alpha value is -2.65. The summed E-state index contributed by atoms with van der Waals surface area (Å²) >= 11 is 1.37. The van der Waals surface area contributed by atoms with Gasteiger partial charge >= 0.3 is 0 Å². The van der Waals surface area contributed by atoms with E-state index in [4.69, 9.17) is 0 Å². The van der Waals surface area contributed by atoms with Crippen LogP contribution < -0.4 is 5.32 Å². The summed E-state index contributed by atoms with van der Waals surface area (Å²) in [7, 11) is 1.94. The number of nitrogens with zero attached hydrogens (tertiary/aromatic N) is 3. The Morgan fingerprint density at radius 2 is 1.74 bits per heavy atom. The van der Waals surface area contributed by atoms with Gasteiger partial charge in [0.25, 0.3) is 0 Å². The molecule has 7 nitrogen and oxygen atoms in total. The van der Waals surface area contributed by atoms with Crippen LogP contribution >= 0.6 is 11.3 Å². The molecule has 0 bridgehead atoms. The normalized spacial score (nSPS) is 20.2. The number of ketones is 1. The van der Waals surface area contributed by atoms with Gasteiger partial charge in [-0.25, -0.2) is 9.37 Å². The van der Waals surface area contributed by atoms with Gasteiger partial charge in [0.1, 0.15) is 22.6 Å². The van der Waals surface area contributed by atoms with Crippen molar-refractivity contribution in [2.45, 2.75) is 96.3 Å². The van der Waals surface area contributed by atoms with Gasteiger partial charge < -0.3 is 10.2 Å². The number of rotatable bonds is 8. The number of carbonyl (C=O) groups excluding carboxylic acids is 3.